The SMILES string of the molecule is CCC1(C(=O)NC(CC(=O)O)C(=O)CF)C=C(c2c(C)c3ccccc3n2C)NO1. The predicted molar refractivity (Wildman–Crippen MR) is 108 cm³/mol. The third kappa shape index (κ3) is 3.68. The Kier molecular flexibility index (Phi) is 5.93. The van der Waals surface area contributed by atoms with Crippen molar-refractivity contribution in [1.82, 2.24) is 15.4 Å². The van der Waals surface area contributed by atoms with Gasteiger partial charge in [0.05, 0.1) is 17.8 Å². The zero-order chi connectivity index (χ0) is 22.1. The van der Waals surface area contributed by atoms with E-state index in [1.54, 1.807) is 13.0 Å². The number of aryl methyl sites for hydroxylation is 2. The number of carbonyl (C=O) groups is 3. The highest BCUT2D eigenvalue weighted by Gasteiger charge is 2.43. The number of hydroxylamine groups is 1. The molecule has 1 aromatic carbocycles. The molecule has 1 aromatic heterocycles. The number of carboxylic acids is 1. The van der Waals surface area contributed by atoms with Crippen LogP contribution in [0, 0.1) is 6.92 Å². The maximum atomic E-state index is 12.9. The van der Waals surface area contributed by atoms with Crippen molar-refractivity contribution in [2.75, 3.05) is 6.67 Å². The molecule has 0 fully saturated rings. The number of para-hydroxylation sites is 1. The van der Waals surface area contributed by atoms with Gasteiger partial charge in [0.2, 0.25) is 0 Å². The predicted octanol–water partition coefficient (Wildman–Crippen LogP) is 2.01. The minimum atomic E-state index is -1.47. The molecule has 8 nitrogen and oxygen atoms in total. The van der Waals surface area contributed by atoms with Gasteiger partial charge in [0.15, 0.2) is 11.4 Å². The van der Waals surface area contributed by atoms with Gasteiger partial charge in [-0.2, -0.15) is 0 Å². The fourth-order valence-electron chi connectivity index (χ4n) is 3.76. The summed E-state index contributed by atoms with van der Waals surface area (Å²) in [6.45, 7) is 2.32. The Morgan fingerprint density at radius 2 is 2.03 bits per heavy atom. The van der Waals surface area contributed by atoms with Crippen LogP contribution in [0.4, 0.5) is 4.39 Å². The molecule has 160 valence electrons. The van der Waals surface area contributed by atoms with Crippen molar-refractivity contribution in [3.05, 3.63) is 41.6 Å². The van der Waals surface area contributed by atoms with Gasteiger partial charge in [-0.1, -0.05) is 25.1 Å². The summed E-state index contributed by atoms with van der Waals surface area (Å²) in [6, 6.07) is 6.40. The number of rotatable bonds is 8. The number of fused-ring (bicyclic) bond motifs is 1. The summed E-state index contributed by atoms with van der Waals surface area (Å²) in [5.74, 6) is -3.03. The number of nitrogens with zero attached hydrogens (tertiary/aromatic N) is 1. The van der Waals surface area contributed by atoms with E-state index in [-0.39, 0.29) is 6.42 Å². The first-order valence-corrected chi connectivity index (χ1v) is 9.56. The van der Waals surface area contributed by atoms with Gasteiger partial charge >= 0.3 is 5.97 Å². The Morgan fingerprint density at radius 1 is 1.33 bits per heavy atom. The molecule has 2 atom stereocenters. The van der Waals surface area contributed by atoms with E-state index in [9.17, 15) is 18.8 Å². The number of halogens is 1. The van der Waals surface area contributed by atoms with E-state index in [4.69, 9.17) is 9.94 Å². The van der Waals surface area contributed by atoms with Crippen LogP contribution in [0.3, 0.4) is 0 Å². The maximum absolute atomic E-state index is 12.9. The molecule has 0 saturated carbocycles. The summed E-state index contributed by atoms with van der Waals surface area (Å²) in [6.07, 6.45) is 1.11. The quantitative estimate of drug-likeness (QED) is 0.606. The number of carboxylic acid groups (broad SMARTS) is 1. The molecule has 2 unspecified atom stereocenters. The molecule has 0 aliphatic carbocycles. The first-order chi connectivity index (χ1) is 14.2. The summed E-state index contributed by atoms with van der Waals surface area (Å²) < 4.78 is 14.8. The van der Waals surface area contributed by atoms with Crippen LogP contribution in [0.2, 0.25) is 0 Å². The molecule has 2 aromatic rings. The Morgan fingerprint density at radius 3 is 2.63 bits per heavy atom. The van der Waals surface area contributed by atoms with Crippen molar-refractivity contribution in [1.29, 1.82) is 0 Å². The second-order valence-electron chi connectivity index (χ2n) is 7.28. The van der Waals surface area contributed by atoms with E-state index in [2.05, 4.69) is 10.8 Å². The number of hydrogen-bond acceptors (Lipinski definition) is 5. The number of carbonyl (C=O) groups excluding carboxylic acids is 2. The van der Waals surface area contributed by atoms with Crippen molar-refractivity contribution >= 4 is 34.3 Å². The molecular formula is C21H24FN3O5. The summed E-state index contributed by atoms with van der Waals surface area (Å²) >= 11 is 0. The van der Waals surface area contributed by atoms with Crippen molar-refractivity contribution in [2.24, 2.45) is 7.05 Å². The highest BCUT2D eigenvalue weighted by molar-refractivity contribution is 5.97. The van der Waals surface area contributed by atoms with E-state index in [0.29, 0.717) is 5.70 Å². The highest BCUT2D eigenvalue weighted by Crippen LogP contribution is 2.34. The number of benzene rings is 1. The van der Waals surface area contributed by atoms with Gasteiger partial charge < -0.3 is 15.0 Å². The minimum absolute atomic E-state index is 0.210. The van der Waals surface area contributed by atoms with Crippen molar-refractivity contribution in [2.45, 2.75) is 38.3 Å². The average molecular weight is 417 g/mol. The van der Waals surface area contributed by atoms with Gasteiger partial charge in [-0.15, -0.1) is 0 Å². The lowest BCUT2D eigenvalue weighted by Crippen LogP contribution is -2.53. The van der Waals surface area contributed by atoms with Gasteiger partial charge in [0.1, 0.15) is 12.7 Å². The lowest BCUT2D eigenvalue weighted by atomic mass is 9.96. The van der Waals surface area contributed by atoms with Gasteiger partial charge in [-0.05, 0) is 31.1 Å². The van der Waals surface area contributed by atoms with Crippen LogP contribution in [-0.2, 0) is 26.3 Å². The summed E-state index contributed by atoms with van der Waals surface area (Å²) in [5, 5.41) is 12.4. The number of hydrogen-bond donors (Lipinski definition) is 3. The molecular weight excluding hydrogens is 393 g/mol. The number of Topliss-reactive ketones (excluding diaryl/α,β-unsaturated/α-hetero) is 1. The summed E-state index contributed by atoms with van der Waals surface area (Å²) in [4.78, 5) is 41.3. The first-order valence-electron chi connectivity index (χ1n) is 9.56. The highest BCUT2D eigenvalue weighted by atomic mass is 19.1. The van der Waals surface area contributed by atoms with Crippen molar-refractivity contribution in [3.8, 4) is 0 Å². The molecule has 0 spiro atoms. The molecule has 30 heavy (non-hydrogen) atoms. The lowest BCUT2D eigenvalue weighted by molar-refractivity contribution is -0.147. The monoisotopic (exact) mass is 417 g/mol. The number of amides is 1. The van der Waals surface area contributed by atoms with Gasteiger partial charge in [0, 0.05) is 18.0 Å². The molecule has 1 aliphatic heterocycles. The fourth-order valence-corrected chi connectivity index (χ4v) is 3.76. The standard InChI is InChI=1S/C21H24FN3O5/c1-4-21(20(29)23-14(9-18(27)28)17(26)11-22)10-15(24-30-21)19-12(2)13-7-5-6-8-16(13)25(19)3/h5-8,10,14,24H,4,9,11H2,1-3H3,(H,23,29)(H,27,28). The van der Waals surface area contributed by atoms with Crippen molar-refractivity contribution < 1.29 is 28.7 Å². The number of nitrogens with one attached hydrogen (secondary N) is 2. The van der Waals surface area contributed by atoms with Gasteiger partial charge in [-0.25, -0.2) is 4.39 Å². The van der Waals surface area contributed by atoms with E-state index >= 15 is 0 Å². The van der Waals surface area contributed by atoms with Crippen LogP contribution < -0.4 is 10.8 Å². The molecule has 3 rings (SSSR count). The molecule has 0 bridgehead atoms. The summed E-state index contributed by atoms with van der Waals surface area (Å²) in [5.41, 5.74) is 4.76. The van der Waals surface area contributed by atoms with Crippen molar-refractivity contribution in [3.63, 3.8) is 0 Å². The topological polar surface area (TPSA) is 110 Å². The molecule has 0 radical (unpaired) electrons. The van der Waals surface area contributed by atoms with E-state index < -0.39 is 42.4 Å². The summed E-state index contributed by atoms with van der Waals surface area (Å²) in [7, 11) is 1.90. The molecule has 9 heteroatoms. The molecule has 3 N–H and O–H groups in total. The van der Waals surface area contributed by atoms with Crippen LogP contribution in [0.15, 0.2) is 30.3 Å². The van der Waals surface area contributed by atoms with E-state index in [0.717, 1.165) is 22.2 Å². The normalized spacial score (nSPS) is 19.3. The van der Waals surface area contributed by atoms with Crippen LogP contribution in [-0.4, -0.2) is 45.7 Å². The Bertz CT molecular complexity index is 1010. The zero-order valence-corrected chi connectivity index (χ0v) is 17.0. The van der Waals surface area contributed by atoms with Crippen LogP contribution in [0.25, 0.3) is 16.6 Å². The number of aliphatic carboxylic acids is 1. The van der Waals surface area contributed by atoms with Gasteiger partial charge in [0.25, 0.3) is 5.91 Å². The third-order valence-corrected chi connectivity index (χ3v) is 5.45. The first kappa shape index (κ1) is 21.5. The van der Waals surface area contributed by atoms with Crippen LogP contribution in [0.1, 0.15) is 31.0 Å². The Balaban J connectivity index is 1.95. The largest absolute Gasteiger partial charge is 0.481 e. The average Bonchev–Trinajstić information content (AvgIpc) is 3.27. The van der Waals surface area contributed by atoms with E-state index in [1.807, 2.05) is 42.8 Å². The third-order valence-electron chi connectivity index (χ3n) is 5.45. The molecule has 2 heterocycles. The molecule has 1 aliphatic rings. The number of ketones is 1. The number of alkyl halides is 1. The lowest BCUT2D eigenvalue weighted by Gasteiger charge is -2.25. The second-order valence-corrected chi connectivity index (χ2v) is 7.28. The number of aromatic nitrogens is 1. The molecule has 0 saturated heterocycles. The van der Waals surface area contributed by atoms with Crippen LogP contribution >= 0.6 is 0 Å². The zero-order valence-electron chi connectivity index (χ0n) is 17.0. The van der Waals surface area contributed by atoms with E-state index in [1.165, 1.54) is 0 Å². The Hall–Kier alpha value is -3.20. The smallest absolute Gasteiger partial charge is 0.305 e. The second kappa shape index (κ2) is 8.27. The fraction of sp³-hybridized carbons (Fsp3) is 0.381. The van der Waals surface area contributed by atoms with Gasteiger partial charge in [-0.3, -0.25) is 24.7 Å². The Labute approximate surface area is 172 Å². The minimum Gasteiger partial charge on any atom is -0.481 e. The van der Waals surface area contributed by atoms with Crippen LogP contribution in [0.5, 0.6) is 0 Å². The molecule has 1 amide bonds. The maximum Gasteiger partial charge on any atom is 0.305 e.